The molecule has 0 saturated carbocycles. The molecule has 0 amide bonds. The van der Waals surface area contributed by atoms with E-state index in [1.807, 2.05) is 6.92 Å². The van der Waals surface area contributed by atoms with Crippen molar-refractivity contribution in [2.75, 3.05) is 0 Å². The van der Waals surface area contributed by atoms with Crippen LogP contribution < -0.4 is 4.74 Å². The lowest BCUT2D eigenvalue weighted by Gasteiger charge is -2.09. The van der Waals surface area contributed by atoms with Crippen molar-refractivity contribution in [2.24, 2.45) is 0 Å². The minimum atomic E-state index is -0.823. The Hall–Kier alpha value is -1.84. The van der Waals surface area contributed by atoms with Crippen LogP contribution in [0.1, 0.15) is 31.7 Å². The number of carbonyl (C=O) groups excluding carboxylic acids is 1. The Morgan fingerprint density at radius 3 is 2.31 bits per heavy atom. The van der Waals surface area contributed by atoms with Gasteiger partial charge in [0.25, 0.3) is 0 Å². The van der Waals surface area contributed by atoms with Crippen molar-refractivity contribution in [1.29, 1.82) is 0 Å². The molecule has 1 rings (SSSR count). The molecule has 4 nitrogen and oxygen atoms in total. The van der Waals surface area contributed by atoms with Gasteiger partial charge in [-0.25, -0.2) is 0 Å². The van der Waals surface area contributed by atoms with Gasteiger partial charge in [0, 0.05) is 6.92 Å². The van der Waals surface area contributed by atoms with Gasteiger partial charge in [0.15, 0.2) is 0 Å². The summed E-state index contributed by atoms with van der Waals surface area (Å²) in [5, 5.41) is 8.65. The monoisotopic (exact) mass is 222 g/mol. The van der Waals surface area contributed by atoms with Crippen LogP contribution in [-0.2, 0) is 9.59 Å². The van der Waals surface area contributed by atoms with Crippen molar-refractivity contribution in [3.63, 3.8) is 0 Å². The third-order valence-electron chi connectivity index (χ3n) is 2.19. The Kier molecular flexibility index (Phi) is 4.05. The Bertz CT molecular complexity index is 381. The van der Waals surface area contributed by atoms with Gasteiger partial charge in [0.05, 0.1) is 6.42 Å². The first-order chi connectivity index (χ1) is 7.49. The minimum absolute atomic E-state index is 0.0520. The van der Waals surface area contributed by atoms with Gasteiger partial charge < -0.3 is 9.84 Å². The van der Waals surface area contributed by atoms with E-state index in [4.69, 9.17) is 9.84 Å². The highest BCUT2D eigenvalue weighted by molar-refractivity contribution is 5.69. The summed E-state index contributed by atoms with van der Waals surface area (Å²) in [6.07, 6.45) is 0.0902. The Labute approximate surface area is 93.9 Å². The first kappa shape index (κ1) is 12.2. The van der Waals surface area contributed by atoms with Crippen LogP contribution in [0.15, 0.2) is 24.3 Å². The van der Waals surface area contributed by atoms with Crippen LogP contribution in [0.4, 0.5) is 0 Å². The first-order valence-corrected chi connectivity index (χ1v) is 4.99. The number of aliphatic carboxylic acids is 1. The third-order valence-corrected chi connectivity index (χ3v) is 2.19. The molecule has 1 unspecified atom stereocenters. The predicted octanol–water partition coefficient (Wildman–Crippen LogP) is 2.19. The fourth-order valence-electron chi connectivity index (χ4n) is 1.41. The number of benzene rings is 1. The lowest BCUT2D eigenvalue weighted by atomic mass is 9.98. The smallest absolute Gasteiger partial charge is 0.308 e. The van der Waals surface area contributed by atoms with Crippen molar-refractivity contribution in [3.05, 3.63) is 29.8 Å². The molecule has 1 N–H and O–H groups in total. The van der Waals surface area contributed by atoms with Gasteiger partial charge in [-0.15, -0.1) is 0 Å². The summed E-state index contributed by atoms with van der Waals surface area (Å²) in [6.45, 7) is 3.18. The number of esters is 1. The van der Waals surface area contributed by atoms with Crippen LogP contribution in [0.2, 0.25) is 0 Å². The number of ether oxygens (including phenoxy) is 1. The zero-order chi connectivity index (χ0) is 12.1. The van der Waals surface area contributed by atoms with Gasteiger partial charge in [-0.2, -0.15) is 0 Å². The SMILES string of the molecule is CC(=O)Oc1ccc(C(C)CC(=O)O)cc1. The topological polar surface area (TPSA) is 63.6 Å². The molecular weight excluding hydrogens is 208 g/mol. The van der Waals surface area contributed by atoms with E-state index < -0.39 is 5.97 Å². The quantitative estimate of drug-likeness (QED) is 0.626. The molecule has 4 heteroatoms. The summed E-state index contributed by atoms with van der Waals surface area (Å²) in [5.74, 6) is -0.773. The summed E-state index contributed by atoms with van der Waals surface area (Å²) in [4.78, 5) is 21.2. The third kappa shape index (κ3) is 3.73. The molecule has 0 fully saturated rings. The van der Waals surface area contributed by atoms with Crippen LogP contribution in [0.25, 0.3) is 0 Å². The molecule has 16 heavy (non-hydrogen) atoms. The van der Waals surface area contributed by atoms with Gasteiger partial charge in [0.2, 0.25) is 0 Å². The molecule has 0 heterocycles. The summed E-state index contributed by atoms with van der Waals surface area (Å²) >= 11 is 0. The lowest BCUT2D eigenvalue weighted by molar-refractivity contribution is -0.137. The molecule has 0 bridgehead atoms. The molecule has 1 atom stereocenters. The molecule has 1 aromatic carbocycles. The fourth-order valence-corrected chi connectivity index (χ4v) is 1.41. The van der Waals surface area contributed by atoms with E-state index in [0.29, 0.717) is 5.75 Å². The van der Waals surface area contributed by atoms with E-state index in [1.165, 1.54) is 6.92 Å². The average Bonchev–Trinajstić information content (AvgIpc) is 2.16. The van der Waals surface area contributed by atoms with Crippen molar-refractivity contribution in [2.45, 2.75) is 26.2 Å². The van der Waals surface area contributed by atoms with Gasteiger partial charge >= 0.3 is 11.9 Å². The number of hydrogen-bond donors (Lipinski definition) is 1. The highest BCUT2D eigenvalue weighted by atomic mass is 16.5. The minimum Gasteiger partial charge on any atom is -0.481 e. The van der Waals surface area contributed by atoms with Crippen LogP contribution in [0, 0.1) is 0 Å². The molecule has 0 aliphatic carbocycles. The van der Waals surface area contributed by atoms with Crippen LogP contribution >= 0.6 is 0 Å². The standard InChI is InChI=1S/C12H14O4/c1-8(7-12(14)15)10-3-5-11(6-4-10)16-9(2)13/h3-6,8H,7H2,1-2H3,(H,14,15). The van der Waals surface area contributed by atoms with E-state index in [1.54, 1.807) is 24.3 Å². The normalized spacial score (nSPS) is 11.9. The highest BCUT2D eigenvalue weighted by Gasteiger charge is 2.10. The second-order valence-corrected chi connectivity index (χ2v) is 3.66. The van der Waals surface area contributed by atoms with Gasteiger partial charge in [0.1, 0.15) is 5.75 Å². The Morgan fingerprint density at radius 2 is 1.88 bits per heavy atom. The number of carbonyl (C=O) groups is 2. The summed E-state index contributed by atoms with van der Waals surface area (Å²) < 4.78 is 4.87. The second-order valence-electron chi connectivity index (χ2n) is 3.66. The van der Waals surface area contributed by atoms with Gasteiger partial charge in [-0.05, 0) is 23.6 Å². The highest BCUT2D eigenvalue weighted by Crippen LogP contribution is 2.21. The van der Waals surface area contributed by atoms with E-state index in [-0.39, 0.29) is 18.3 Å². The summed E-state index contributed by atoms with van der Waals surface area (Å²) in [6, 6.07) is 6.86. The van der Waals surface area contributed by atoms with E-state index >= 15 is 0 Å². The number of rotatable bonds is 4. The molecule has 86 valence electrons. The zero-order valence-corrected chi connectivity index (χ0v) is 9.27. The number of hydrogen-bond acceptors (Lipinski definition) is 3. The molecule has 0 radical (unpaired) electrons. The van der Waals surface area contributed by atoms with Crippen LogP contribution in [-0.4, -0.2) is 17.0 Å². The van der Waals surface area contributed by atoms with E-state index in [9.17, 15) is 9.59 Å². The largest absolute Gasteiger partial charge is 0.481 e. The zero-order valence-electron chi connectivity index (χ0n) is 9.27. The predicted molar refractivity (Wildman–Crippen MR) is 58.4 cm³/mol. The molecule has 0 saturated heterocycles. The first-order valence-electron chi connectivity index (χ1n) is 4.99. The average molecular weight is 222 g/mol. The van der Waals surface area contributed by atoms with Gasteiger partial charge in [-0.3, -0.25) is 9.59 Å². The van der Waals surface area contributed by atoms with E-state index in [2.05, 4.69) is 0 Å². The second kappa shape index (κ2) is 5.30. The summed E-state index contributed by atoms with van der Waals surface area (Å²) in [5.41, 5.74) is 0.915. The molecule has 0 aliphatic rings. The van der Waals surface area contributed by atoms with Crippen molar-refractivity contribution in [3.8, 4) is 5.75 Å². The summed E-state index contributed by atoms with van der Waals surface area (Å²) in [7, 11) is 0. The maximum absolute atomic E-state index is 10.7. The fraction of sp³-hybridized carbons (Fsp3) is 0.333. The Balaban J connectivity index is 2.70. The molecule has 0 spiro atoms. The maximum Gasteiger partial charge on any atom is 0.308 e. The molecular formula is C12H14O4. The van der Waals surface area contributed by atoms with Crippen LogP contribution in [0.3, 0.4) is 0 Å². The van der Waals surface area contributed by atoms with Gasteiger partial charge in [-0.1, -0.05) is 19.1 Å². The number of carboxylic acid groups (broad SMARTS) is 1. The lowest BCUT2D eigenvalue weighted by Crippen LogP contribution is -2.04. The van der Waals surface area contributed by atoms with Crippen molar-refractivity contribution < 1.29 is 19.4 Å². The molecule has 0 aliphatic heterocycles. The van der Waals surface area contributed by atoms with Crippen molar-refractivity contribution >= 4 is 11.9 Å². The number of carboxylic acids is 1. The Morgan fingerprint density at radius 1 is 1.31 bits per heavy atom. The van der Waals surface area contributed by atoms with E-state index in [0.717, 1.165) is 5.56 Å². The molecule has 1 aromatic rings. The van der Waals surface area contributed by atoms with Crippen molar-refractivity contribution in [1.82, 2.24) is 0 Å². The molecule has 0 aromatic heterocycles. The maximum atomic E-state index is 10.7. The van der Waals surface area contributed by atoms with Crippen LogP contribution in [0.5, 0.6) is 5.75 Å².